The van der Waals surface area contributed by atoms with Crippen LogP contribution in [-0.4, -0.2) is 23.4 Å². The molecular weight excluding hydrogens is 386 g/mol. The molecule has 152 valence electrons. The number of anilines is 2. The number of carbonyl (C=O) groups is 2. The van der Waals surface area contributed by atoms with E-state index in [0.717, 1.165) is 16.6 Å². The third kappa shape index (κ3) is 5.54. The monoisotopic (exact) mass is 411 g/mol. The predicted molar refractivity (Wildman–Crippen MR) is 118 cm³/mol. The number of hydrogen-bond donors (Lipinski definition) is 2. The van der Waals surface area contributed by atoms with E-state index in [4.69, 9.17) is 4.74 Å². The Morgan fingerprint density at radius 3 is 2.52 bits per heavy atom. The Hall–Kier alpha value is -2.93. The van der Waals surface area contributed by atoms with E-state index in [1.54, 1.807) is 13.0 Å². The van der Waals surface area contributed by atoms with Crippen molar-refractivity contribution in [2.24, 2.45) is 0 Å². The quantitative estimate of drug-likeness (QED) is 0.535. The number of aromatic nitrogens is 1. The molecule has 0 unspecified atom stereocenters. The molecule has 1 atom stereocenters. The molecule has 3 rings (SSSR count). The lowest BCUT2D eigenvalue weighted by molar-refractivity contribution is -0.118. The second kappa shape index (κ2) is 9.52. The van der Waals surface area contributed by atoms with E-state index in [1.807, 2.05) is 36.4 Å². The van der Waals surface area contributed by atoms with Gasteiger partial charge in [-0.15, -0.1) is 0 Å². The third-order valence-corrected chi connectivity index (χ3v) is 5.60. The maximum atomic E-state index is 12.2. The van der Waals surface area contributed by atoms with Crippen LogP contribution in [0.25, 0.3) is 10.2 Å². The molecule has 3 aromatic rings. The molecule has 0 bridgehead atoms. The van der Waals surface area contributed by atoms with Gasteiger partial charge in [0.1, 0.15) is 5.75 Å². The van der Waals surface area contributed by atoms with Gasteiger partial charge in [0, 0.05) is 12.1 Å². The fraction of sp³-hybridized carbons (Fsp3) is 0.318. The maximum Gasteiger partial charge on any atom is 0.262 e. The molecular formula is C22H25N3O3S. The van der Waals surface area contributed by atoms with E-state index in [-0.39, 0.29) is 18.4 Å². The predicted octanol–water partition coefficient (Wildman–Crippen LogP) is 5.18. The first-order chi connectivity index (χ1) is 14.0. The standard InChI is InChI=1S/C22H25N3O3S/c1-4-14(3)15-6-9-17(10-7-15)28-13-21(27)23-16-8-11-18-19(12-16)29-22(24-18)25-20(26)5-2/h6-12,14H,4-5,13H2,1-3H3,(H,23,27)(H,24,25,26)/t14-/m0/s1. The first-order valence-corrected chi connectivity index (χ1v) is 10.5. The van der Waals surface area contributed by atoms with Crippen molar-refractivity contribution in [3.05, 3.63) is 48.0 Å². The van der Waals surface area contributed by atoms with Gasteiger partial charge in [0.15, 0.2) is 11.7 Å². The molecule has 0 fully saturated rings. The fourth-order valence-electron chi connectivity index (χ4n) is 2.74. The summed E-state index contributed by atoms with van der Waals surface area (Å²) >= 11 is 1.37. The number of ether oxygens (including phenoxy) is 1. The van der Waals surface area contributed by atoms with Gasteiger partial charge in [0.2, 0.25) is 5.91 Å². The lowest BCUT2D eigenvalue weighted by Crippen LogP contribution is -2.20. The Labute approximate surface area is 174 Å². The summed E-state index contributed by atoms with van der Waals surface area (Å²) in [4.78, 5) is 28.1. The highest BCUT2D eigenvalue weighted by molar-refractivity contribution is 7.22. The molecule has 1 heterocycles. The minimum absolute atomic E-state index is 0.0682. The van der Waals surface area contributed by atoms with Crippen molar-refractivity contribution in [3.63, 3.8) is 0 Å². The van der Waals surface area contributed by atoms with Crippen LogP contribution in [0.4, 0.5) is 10.8 Å². The molecule has 29 heavy (non-hydrogen) atoms. The Morgan fingerprint density at radius 1 is 1.07 bits per heavy atom. The average molecular weight is 412 g/mol. The molecule has 0 radical (unpaired) electrons. The number of rotatable bonds is 8. The van der Waals surface area contributed by atoms with Crippen LogP contribution in [0.1, 0.15) is 45.1 Å². The van der Waals surface area contributed by atoms with Gasteiger partial charge in [0.05, 0.1) is 10.2 Å². The van der Waals surface area contributed by atoms with Gasteiger partial charge in [-0.2, -0.15) is 0 Å². The fourth-order valence-corrected chi connectivity index (χ4v) is 3.66. The molecule has 6 nitrogen and oxygen atoms in total. The van der Waals surface area contributed by atoms with Crippen molar-refractivity contribution in [1.29, 1.82) is 0 Å². The van der Waals surface area contributed by atoms with Gasteiger partial charge in [-0.05, 0) is 48.2 Å². The lowest BCUT2D eigenvalue weighted by atomic mass is 9.99. The SMILES string of the molecule is CCC(=O)Nc1nc2ccc(NC(=O)COc3ccc([C@@H](C)CC)cc3)cc2s1. The summed E-state index contributed by atoms with van der Waals surface area (Å²) in [5, 5.41) is 6.14. The van der Waals surface area contributed by atoms with Gasteiger partial charge in [-0.3, -0.25) is 9.59 Å². The number of amides is 2. The van der Waals surface area contributed by atoms with Crippen LogP contribution in [0, 0.1) is 0 Å². The van der Waals surface area contributed by atoms with Gasteiger partial charge >= 0.3 is 0 Å². The van der Waals surface area contributed by atoms with Gasteiger partial charge in [-0.1, -0.05) is 44.2 Å². The van der Waals surface area contributed by atoms with Crippen LogP contribution < -0.4 is 15.4 Å². The molecule has 0 aliphatic heterocycles. The van der Waals surface area contributed by atoms with Crippen LogP contribution in [0.15, 0.2) is 42.5 Å². The summed E-state index contributed by atoms with van der Waals surface area (Å²) in [5.74, 6) is 0.859. The van der Waals surface area contributed by atoms with Crippen molar-refractivity contribution in [2.45, 2.75) is 39.5 Å². The van der Waals surface area contributed by atoms with E-state index in [9.17, 15) is 9.59 Å². The van der Waals surface area contributed by atoms with E-state index >= 15 is 0 Å². The van der Waals surface area contributed by atoms with Crippen LogP contribution in [-0.2, 0) is 9.59 Å². The molecule has 2 aromatic carbocycles. The van der Waals surface area contributed by atoms with Crippen molar-refractivity contribution in [3.8, 4) is 5.75 Å². The summed E-state index contributed by atoms with van der Waals surface area (Å²) in [6, 6.07) is 13.3. The van der Waals surface area contributed by atoms with Crippen molar-refractivity contribution < 1.29 is 14.3 Å². The molecule has 0 saturated heterocycles. The van der Waals surface area contributed by atoms with Crippen LogP contribution in [0.3, 0.4) is 0 Å². The van der Waals surface area contributed by atoms with Gasteiger partial charge < -0.3 is 15.4 Å². The largest absolute Gasteiger partial charge is 0.484 e. The number of carbonyl (C=O) groups excluding carboxylic acids is 2. The molecule has 2 N–H and O–H groups in total. The van der Waals surface area contributed by atoms with Crippen molar-refractivity contribution in [2.75, 3.05) is 17.2 Å². The highest BCUT2D eigenvalue weighted by Crippen LogP contribution is 2.28. The summed E-state index contributed by atoms with van der Waals surface area (Å²) in [7, 11) is 0. The third-order valence-electron chi connectivity index (χ3n) is 4.67. The molecule has 0 saturated carbocycles. The van der Waals surface area contributed by atoms with Gasteiger partial charge in [0.25, 0.3) is 5.91 Å². The average Bonchev–Trinajstić information content (AvgIpc) is 3.13. The van der Waals surface area contributed by atoms with E-state index < -0.39 is 0 Å². The van der Waals surface area contributed by atoms with Crippen LogP contribution in [0.5, 0.6) is 5.75 Å². The Bertz CT molecular complexity index is 998. The summed E-state index contributed by atoms with van der Waals surface area (Å²) in [5.41, 5.74) is 2.70. The maximum absolute atomic E-state index is 12.2. The van der Waals surface area contributed by atoms with Crippen molar-refractivity contribution in [1.82, 2.24) is 4.98 Å². The first-order valence-electron chi connectivity index (χ1n) is 9.71. The van der Waals surface area contributed by atoms with E-state index in [1.165, 1.54) is 16.9 Å². The van der Waals surface area contributed by atoms with E-state index in [0.29, 0.717) is 28.9 Å². The van der Waals surface area contributed by atoms with E-state index in [2.05, 4.69) is 29.5 Å². The molecule has 2 amide bonds. The highest BCUT2D eigenvalue weighted by Gasteiger charge is 2.09. The molecule has 0 aliphatic rings. The van der Waals surface area contributed by atoms with Gasteiger partial charge in [-0.25, -0.2) is 4.98 Å². The van der Waals surface area contributed by atoms with Crippen LogP contribution in [0.2, 0.25) is 0 Å². The molecule has 1 aromatic heterocycles. The zero-order valence-corrected chi connectivity index (χ0v) is 17.6. The zero-order valence-electron chi connectivity index (χ0n) is 16.8. The lowest BCUT2D eigenvalue weighted by Gasteiger charge is -2.11. The summed E-state index contributed by atoms with van der Waals surface area (Å²) in [6.45, 7) is 6.06. The minimum Gasteiger partial charge on any atom is -0.484 e. The van der Waals surface area contributed by atoms with Crippen LogP contribution >= 0.6 is 11.3 Å². The number of thiazole rings is 1. The molecule has 7 heteroatoms. The normalized spacial score (nSPS) is 11.8. The second-order valence-corrected chi connectivity index (χ2v) is 7.85. The number of nitrogens with zero attached hydrogens (tertiary/aromatic N) is 1. The van der Waals surface area contributed by atoms with Crippen molar-refractivity contribution >= 4 is 44.2 Å². The molecule has 0 spiro atoms. The number of fused-ring (bicyclic) bond motifs is 1. The smallest absolute Gasteiger partial charge is 0.262 e. The number of benzene rings is 2. The topological polar surface area (TPSA) is 80.3 Å². The Morgan fingerprint density at radius 2 is 1.83 bits per heavy atom. The number of hydrogen-bond acceptors (Lipinski definition) is 5. The molecule has 0 aliphatic carbocycles. The summed E-state index contributed by atoms with van der Waals surface area (Å²) in [6.07, 6.45) is 1.48. The number of nitrogens with one attached hydrogen (secondary N) is 2. The Kier molecular flexibility index (Phi) is 6.82. The zero-order chi connectivity index (χ0) is 20.8. The Balaban J connectivity index is 1.57. The second-order valence-electron chi connectivity index (χ2n) is 6.82. The summed E-state index contributed by atoms with van der Waals surface area (Å²) < 4.78 is 6.47. The first kappa shape index (κ1) is 20.8. The highest BCUT2D eigenvalue weighted by atomic mass is 32.1. The minimum atomic E-state index is -0.237.